The second-order valence-electron chi connectivity index (χ2n) is 10.2. The van der Waals surface area contributed by atoms with Gasteiger partial charge in [-0.2, -0.15) is 0 Å². The maximum absolute atomic E-state index is 14.5. The second kappa shape index (κ2) is 5.79. The van der Waals surface area contributed by atoms with Crippen LogP contribution in [0.25, 0.3) is 0 Å². The van der Waals surface area contributed by atoms with E-state index in [1.165, 1.54) is 0 Å². The van der Waals surface area contributed by atoms with Crippen LogP contribution in [0.5, 0.6) is 0 Å². The molecule has 1 heterocycles. The van der Waals surface area contributed by atoms with Crippen molar-refractivity contribution in [1.29, 1.82) is 0 Å². The highest BCUT2D eigenvalue weighted by molar-refractivity contribution is 5.85. The molecule has 1 aliphatic heterocycles. The summed E-state index contributed by atoms with van der Waals surface area (Å²) in [5.41, 5.74) is 0.323. The molecule has 0 aromatic heterocycles. The molecule has 1 amide bonds. The van der Waals surface area contributed by atoms with Crippen molar-refractivity contribution in [3.8, 4) is 0 Å². The molecule has 6 rings (SSSR count). The van der Waals surface area contributed by atoms with Crippen LogP contribution >= 0.6 is 0 Å². The molecule has 0 radical (unpaired) electrons. The van der Waals surface area contributed by atoms with Gasteiger partial charge in [-0.1, -0.05) is 25.1 Å². The molecular weight excluding hydrogens is 341 g/mol. The molecule has 4 saturated carbocycles. The largest absolute Gasteiger partial charge is 0.390 e. The number of likely N-dealkylation sites (tertiary alicyclic amines) is 1. The fourth-order valence-electron chi connectivity index (χ4n) is 7.10. The molecule has 4 heteroatoms. The van der Waals surface area contributed by atoms with Crippen molar-refractivity contribution in [3.63, 3.8) is 0 Å². The zero-order valence-electron chi connectivity index (χ0n) is 16.4. The van der Waals surface area contributed by atoms with Gasteiger partial charge in [-0.25, -0.2) is 4.39 Å². The van der Waals surface area contributed by atoms with E-state index in [2.05, 4.69) is 4.90 Å². The number of carbonyl (C=O) groups is 1. The van der Waals surface area contributed by atoms with Crippen LogP contribution in [0.3, 0.4) is 0 Å². The van der Waals surface area contributed by atoms with Crippen molar-refractivity contribution in [1.82, 2.24) is 4.90 Å². The molecule has 5 aliphatic rings. The molecule has 3 unspecified atom stereocenters. The van der Waals surface area contributed by atoms with E-state index < -0.39 is 11.0 Å². The van der Waals surface area contributed by atoms with Crippen LogP contribution in [0.1, 0.15) is 56.6 Å². The van der Waals surface area contributed by atoms with Gasteiger partial charge in [0, 0.05) is 12.6 Å². The summed E-state index contributed by atoms with van der Waals surface area (Å²) in [7, 11) is 0. The highest BCUT2D eigenvalue weighted by Gasteiger charge is 2.58. The molecule has 146 valence electrons. The molecule has 1 aromatic carbocycles. The molecular formula is C23H30FNO2. The summed E-state index contributed by atoms with van der Waals surface area (Å²) >= 11 is 0. The van der Waals surface area contributed by atoms with E-state index in [9.17, 15) is 14.3 Å². The first kappa shape index (κ1) is 17.7. The van der Waals surface area contributed by atoms with Gasteiger partial charge in [-0.15, -0.1) is 0 Å². The summed E-state index contributed by atoms with van der Waals surface area (Å²) in [4.78, 5) is 15.6. The minimum absolute atomic E-state index is 0.165. The Labute approximate surface area is 160 Å². The van der Waals surface area contributed by atoms with E-state index in [1.54, 1.807) is 13.0 Å². The lowest BCUT2D eigenvalue weighted by molar-refractivity contribution is -0.169. The number of carbonyl (C=O) groups excluding carboxylic acids is 1. The fraction of sp³-hybridized carbons (Fsp3) is 0.696. The van der Waals surface area contributed by atoms with Gasteiger partial charge in [0.2, 0.25) is 5.91 Å². The standard InChI is InChI=1S/C23H30FNO2/c1-14-4-3-5-16(19(14)24)11-22(2)6-7-25(21(22)26)20-17-8-15-9-18(20)13-23(27,10-15)12-17/h3-5,15,17-18,20,27H,6-13H2,1-2H3. The van der Waals surface area contributed by atoms with Gasteiger partial charge in [0.15, 0.2) is 0 Å². The Bertz CT molecular complexity index is 777. The summed E-state index contributed by atoms with van der Waals surface area (Å²) in [5.74, 6) is 1.58. The average molecular weight is 371 g/mol. The van der Waals surface area contributed by atoms with Gasteiger partial charge in [0.05, 0.1) is 11.0 Å². The van der Waals surface area contributed by atoms with Gasteiger partial charge in [0.25, 0.3) is 0 Å². The first-order valence-corrected chi connectivity index (χ1v) is 10.6. The predicted octanol–water partition coefficient (Wildman–Crippen LogP) is 3.85. The third kappa shape index (κ3) is 2.66. The van der Waals surface area contributed by atoms with Crippen molar-refractivity contribution in [2.24, 2.45) is 23.2 Å². The van der Waals surface area contributed by atoms with E-state index >= 15 is 0 Å². The number of aryl methyl sites for hydroxylation is 1. The van der Waals surface area contributed by atoms with Crippen molar-refractivity contribution in [2.75, 3.05) is 6.54 Å². The Balaban J connectivity index is 1.38. The number of hydrogen-bond donors (Lipinski definition) is 1. The average Bonchev–Trinajstić information content (AvgIpc) is 2.86. The summed E-state index contributed by atoms with van der Waals surface area (Å²) in [6, 6.07) is 5.77. The van der Waals surface area contributed by atoms with Gasteiger partial charge in [-0.05, 0) is 80.8 Å². The summed E-state index contributed by atoms with van der Waals surface area (Å²) in [5, 5.41) is 10.8. The highest BCUT2D eigenvalue weighted by Crippen LogP contribution is 2.58. The molecule has 0 spiro atoms. The number of aliphatic hydroxyl groups is 1. The SMILES string of the molecule is Cc1cccc(CC2(C)CCN(C3C4CC5CC3CC(O)(C5)C4)C2=O)c1F. The molecule has 4 aliphatic carbocycles. The highest BCUT2D eigenvalue weighted by atomic mass is 19.1. The minimum Gasteiger partial charge on any atom is -0.390 e. The second-order valence-corrected chi connectivity index (χ2v) is 10.2. The van der Waals surface area contributed by atoms with E-state index in [1.807, 2.05) is 19.1 Å². The molecule has 5 fully saturated rings. The normalized spacial score (nSPS) is 43.0. The summed E-state index contributed by atoms with van der Waals surface area (Å²) < 4.78 is 14.5. The number of amides is 1. The van der Waals surface area contributed by atoms with Crippen LogP contribution in [-0.4, -0.2) is 34.1 Å². The number of halogens is 1. The molecule has 27 heavy (non-hydrogen) atoms. The third-order valence-corrected chi connectivity index (χ3v) is 8.09. The zero-order chi connectivity index (χ0) is 19.0. The fourth-order valence-corrected chi connectivity index (χ4v) is 7.10. The van der Waals surface area contributed by atoms with E-state index in [-0.39, 0.29) is 11.7 Å². The smallest absolute Gasteiger partial charge is 0.229 e. The van der Waals surface area contributed by atoms with Crippen LogP contribution < -0.4 is 0 Å². The minimum atomic E-state index is -0.514. The zero-order valence-corrected chi connectivity index (χ0v) is 16.4. The Kier molecular flexibility index (Phi) is 3.79. The summed E-state index contributed by atoms with van der Waals surface area (Å²) in [6.07, 6.45) is 6.28. The van der Waals surface area contributed by atoms with E-state index in [4.69, 9.17) is 0 Å². The monoisotopic (exact) mass is 371 g/mol. The maximum atomic E-state index is 14.5. The van der Waals surface area contributed by atoms with Crippen molar-refractivity contribution < 1.29 is 14.3 Å². The molecule has 1 aromatic rings. The molecule has 3 nitrogen and oxygen atoms in total. The lowest BCUT2D eigenvalue weighted by atomic mass is 9.52. The van der Waals surface area contributed by atoms with Crippen molar-refractivity contribution in [3.05, 3.63) is 35.1 Å². The lowest BCUT2D eigenvalue weighted by Crippen LogP contribution is -2.62. The number of hydrogen-bond acceptors (Lipinski definition) is 2. The van der Waals surface area contributed by atoms with Crippen LogP contribution in [0.2, 0.25) is 0 Å². The molecule has 4 bridgehead atoms. The van der Waals surface area contributed by atoms with Crippen molar-refractivity contribution >= 4 is 5.91 Å². The van der Waals surface area contributed by atoms with Crippen molar-refractivity contribution in [2.45, 2.75) is 70.4 Å². The Morgan fingerprint density at radius 1 is 1.22 bits per heavy atom. The van der Waals surface area contributed by atoms with Gasteiger partial charge in [-0.3, -0.25) is 4.79 Å². The Hall–Kier alpha value is -1.42. The summed E-state index contributed by atoms with van der Waals surface area (Å²) in [6.45, 7) is 4.58. The first-order chi connectivity index (χ1) is 12.8. The van der Waals surface area contributed by atoms with Gasteiger partial charge in [0.1, 0.15) is 5.82 Å². The quantitative estimate of drug-likeness (QED) is 0.877. The van der Waals surface area contributed by atoms with Gasteiger partial charge < -0.3 is 10.0 Å². The van der Waals surface area contributed by atoms with E-state index in [0.717, 1.165) is 45.1 Å². The topological polar surface area (TPSA) is 40.5 Å². The first-order valence-electron chi connectivity index (χ1n) is 10.6. The maximum Gasteiger partial charge on any atom is 0.229 e. The number of nitrogens with zero attached hydrogens (tertiary/aromatic N) is 1. The predicted molar refractivity (Wildman–Crippen MR) is 102 cm³/mol. The number of rotatable bonds is 3. The van der Waals surface area contributed by atoms with Crippen LogP contribution in [0.4, 0.5) is 4.39 Å². The van der Waals surface area contributed by atoms with Crippen LogP contribution in [-0.2, 0) is 11.2 Å². The number of benzene rings is 1. The molecule has 1 saturated heterocycles. The van der Waals surface area contributed by atoms with Gasteiger partial charge >= 0.3 is 0 Å². The lowest BCUT2D eigenvalue weighted by Gasteiger charge is -2.59. The van der Waals surface area contributed by atoms with Crippen LogP contribution in [0.15, 0.2) is 18.2 Å². The Morgan fingerprint density at radius 3 is 2.59 bits per heavy atom. The Morgan fingerprint density at radius 2 is 1.93 bits per heavy atom. The van der Waals surface area contributed by atoms with E-state index in [0.29, 0.717) is 41.3 Å². The van der Waals surface area contributed by atoms with Crippen LogP contribution in [0, 0.1) is 35.9 Å². The molecule has 3 atom stereocenters. The molecule has 1 N–H and O–H groups in total. The third-order valence-electron chi connectivity index (χ3n) is 8.09.